The van der Waals surface area contributed by atoms with Crippen molar-refractivity contribution < 1.29 is 4.74 Å². The van der Waals surface area contributed by atoms with Gasteiger partial charge in [0.1, 0.15) is 11.6 Å². The van der Waals surface area contributed by atoms with E-state index in [4.69, 9.17) is 10.5 Å². The van der Waals surface area contributed by atoms with Gasteiger partial charge in [0.15, 0.2) is 0 Å². The molecule has 0 saturated carbocycles. The number of benzene rings is 2. The SMILES string of the molecule is COc1ccc(-c2nc3c(C)cc(Br)cc3[nH]2)cc1N. The Morgan fingerprint density at radius 3 is 2.75 bits per heavy atom. The van der Waals surface area contributed by atoms with Crippen LogP contribution >= 0.6 is 15.9 Å². The Morgan fingerprint density at radius 1 is 1.25 bits per heavy atom. The lowest BCUT2D eigenvalue weighted by atomic mass is 10.2. The van der Waals surface area contributed by atoms with Crippen molar-refractivity contribution in [3.63, 3.8) is 0 Å². The monoisotopic (exact) mass is 331 g/mol. The molecule has 0 atom stereocenters. The second-order valence-electron chi connectivity index (χ2n) is 4.66. The van der Waals surface area contributed by atoms with Crippen LogP contribution in [0.1, 0.15) is 5.56 Å². The van der Waals surface area contributed by atoms with Crippen LogP contribution in [0.25, 0.3) is 22.4 Å². The average Bonchev–Trinajstić information content (AvgIpc) is 2.82. The molecule has 0 aliphatic rings. The average molecular weight is 332 g/mol. The van der Waals surface area contributed by atoms with Gasteiger partial charge in [0.2, 0.25) is 0 Å². The maximum atomic E-state index is 5.94. The molecule has 2 aromatic carbocycles. The van der Waals surface area contributed by atoms with Crippen LogP contribution in [0.5, 0.6) is 5.75 Å². The zero-order valence-corrected chi connectivity index (χ0v) is 12.8. The number of imidazole rings is 1. The third-order valence-corrected chi connectivity index (χ3v) is 3.70. The number of nitrogens with one attached hydrogen (secondary N) is 1. The first-order valence-corrected chi connectivity index (χ1v) is 6.97. The van der Waals surface area contributed by atoms with Crippen molar-refractivity contribution in [2.75, 3.05) is 12.8 Å². The zero-order chi connectivity index (χ0) is 14.3. The van der Waals surface area contributed by atoms with E-state index < -0.39 is 0 Å². The molecule has 0 saturated heterocycles. The summed E-state index contributed by atoms with van der Waals surface area (Å²) >= 11 is 3.49. The van der Waals surface area contributed by atoms with Crippen molar-refractivity contribution in [3.8, 4) is 17.1 Å². The molecule has 0 unspecified atom stereocenters. The molecule has 20 heavy (non-hydrogen) atoms. The highest BCUT2D eigenvalue weighted by Crippen LogP contribution is 2.29. The molecule has 5 heteroatoms. The molecule has 1 heterocycles. The van der Waals surface area contributed by atoms with Crippen LogP contribution in [0.3, 0.4) is 0 Å². The van der Waals surface area contributed by atoms with Gasteiger partial charge < -0.3 is 15.5 Å². The van der Waals surface area contributed by atoms with Crippen LogP contribution in [0.4, 0.5) is 5.69 Å². The standard InChI is InChI=1S/C15H14BrN3O/c1-8-5-10(16)7-12-14(8)19-15(18-12)9-3-4-13(20-2)11(17)6-9/h3-7H,17H2,1-2H3,(H,18,19). The highest BCUT2D eigenvalue weighted by Gasteiger charge is 2.10. The fourth-order valence-electron chi connectivity index (χ4n) is 2.26. The molecular weight excluding hydrogens is 318 g/mol. The van der Waals surface area contributed by atoms with E-state index in [-0.39, 0.29) is 0 Å². The minimum atomic E-state index is 0.600. The molecular formula is C15H14BrN3O. The van der Waals surface area contributed by atoms with Crippen LogP contribution in [-0.4, -0.2) is 17.1 Å². The summed E-state index contributed by atoms with van der Waals surface area (Å²) in [6, 6.07) is 9.72. The number of fused-ring (bicyclic) bond motifs is 1. The van der Waals surface area contributed by atoms with E-state index in [2.05, 4.69) is 32.0 Å². The van der Waals surface area contributed by atoms with Crippen molar-refractivity contribution in [1.29, 1.82) is 0 Å². The van der Waals surface area contributed by atoms with Crippen LogP contribution in [0, 0.1) is 6.92 Å². The van der Waals surface area contributed by atoms with Gasteiger partial charge in [-0.05, 0) is 42.8 Å². The summed E-state index contributed by atoms with van der Waals surface area (Å²) in [7, 11) is 1.60. The zero-order valence-electron chi connectivity index (χ0n) is 11.2. The fourth-order valence-corrected chi connectivity index (χ4v) is 2.84. The number of ether oxygens (including phenoxy) is 1. The minimum Gasteiger partial charge on any atom is -0.495 e. The fraction of sp³-hybridized carbons (Fsp3) is 0.133. The molecule has 0 radical (unpaired) electrons. The van der Waals surface area contributed by atoms with Crippen LogP contribution in [0.2, 0.25) is 0 Å². The van der Waals surface area contributed by atoms with E-state index in [1.54, 1.807) is 7.11 Å². The number of aromatic amines is 1. The van der Waals surface area contributed by atoms with Gasteiger partial charge in [-0.1, -0.05) is 15.9 Å². The number of nitrogens with two attached hydrogens (primary N) is 1. The number of nitrogens with zero attached hydrogens (tertiary/aromatic N) is 1. The lowest BCUT2D eigenvalue weighted by molar-refractivity contribution is 0.417. The Bertz CT molecular complexity index is 795. The molecule has 0 aliphatic carbocycles. The number of methoxy groups -OCH3 is 1. The van der Waals surface area contributed by atoms with Crippen molar-refractivity contribution in [1.82, 2.24) is 9.97 Å². The largest absolute Gasteiger partial charge is 0.495 e. The van der Waals surface area contributed by atoms with Crippen LogP contribution < -0.4 is 10.5 Å². The first kappa shape index (κ1) is 13.0. The number of rotatable bonds is 2. The van der Waals surface area contributed by atoms with Crippen molar-refractivity contribution in [2.24, 2.45) is 0 Å². The van der Waals surface area contributed by atoms with Gasteiger partial charge in [-0.2, -0.15) is 0 Å². The number of hydrogen-bond donors (Lipinski definition) is 2. The Balaban J connectivity index is 2.15. The Labute approximate surface area is 125 Å². The van der Waals surface area contributed by atoms with Crippen molar-refractivity contribution in [2.45, 2.75) is 6.92 Å². The van der Waals surface area contributed by atoms with E-state index in [9.17, 15) is 0 Å². The second-order valence-corrected chi connectivity index (χ2v) is 5.58. The van der Waals surface area contributed by atoms with Gasteiger partial charge in [0, 0.05) is 10.0 Å². The van der Waals surface area contributed by atoms with Crippen LogP contribution in [0.15, 0.2) is 34.8 Å². The molecule has 3 N–H and O–H groups in total. The lowest BCUT2D eigenvalue weighted by Gasteiger charge is -2.05. The minimum absolute atomic E-state index is 0.600. The van der Waals surface area contributed by atoms with Crippen molar-refractivity contribution in [3.05, 3.63) is 40.4 Å². The topological polar surface area (TPSA) is 63.9 Å². The lowest BCUT2D eigenvalue weighted by Crippen LogP contribution is -1.93. The number of hydrogen-bond acceptors (Lipinski definition) is 3. The third-order valence-electron chi connectivity index (χ3n) is 3.25. The number of aromatic nitrogens is 2. The van der Waals surface area contributed by atoms with E-state index in [1.165, 1.54) is 0 Å². The summed E-state index contributed by atoms with van der Waals surface area (Å²) in [6.07, 6.45) is 0. The smallest absolute Gasteiger partial charge is 0.141 e. The molecule has 0 amide bonds. The summed E-state index contributed by atoms with van der Waals surface area (Å²) in [6.45, 7) is 2.04. The maximum Gasteiger partial charge on any atom is 0.141 e. The first-order chi connectivity index (χ1) is 9.58. The summed E-state index contributed by atoms with van der Waals surface area (Å²) in [4.78, 5) is 7.97. The van der Waals surface area contributed by atoms with E-state index >= 15 is 0 Å². The van der Waals surface area contributed by atoms with E-state index in [0.29, 0.717) is 11.4 Å². The third kappa shape index (κ3) is 2.14. The van der Waals surface area contributed by atoms with E-state index in [1.807, 2.05) is 31.2 Å². The molecule has 3 aromatic rings. The van der Waals surface area contributed by atoms with Crippen LogP contribution in [-0.2, 0) is 0 Å². The number of H-pyrrole nitrogens is 1. The Morgan fingerprint density at radius 2 is 2.05 bits per heavy atom. The van der Waals surface area contributed by atoms with Gasteiger partial charge in [-0.15, -0.1) is 0 Å². The molecule has 4 nitrogen and oxygen atoms in total. The summed E-state index contributed by atoms with van der Waals surface area (Å²) in [5.74, 6) is 1.47. The highest BCUT2D eigenvalue weighted by molar-refractivity contribution is 9.10. The molecule has 0 fully saturated rings. The predicted molar refractivity (Wildman–Crippen MR) is 84.9 cm³/mol. The molecule has 0 aliphatic heterocycles. The molecule has 102 valence electrons. The predicted octanol–water partition coefficient (Wildman–Crippen LogP) is 3.89. The summed E-state index contributed by atoms with van der Waals surface area (Å²) in [5.41, 5.74) is 10.6. The second kappa shape index (κ2) is 4.83. The number of halogens is 1. The highest BCUT2D eigenvalue weighted by atomic mass is 79.9. The van der Waals surface area contributed by atoms with Gasteiger partial charge in [-0.25, -0.2) is 4.98 Å². The van der Waals surface area contributed by atoms with Gasteiger partial charge >= 0.3 is 0 Å². The molecule has 0 spiro atoms. The quantitative estimate of drug-likeness (QED) is 0.700. The number of nitrogen functional groups attached to an aromatic ring is 1. The number of aryl methyl sites for hydroxylation is 1. The van der Waals surface area contributed by atoms with Crippen molar-refractivity contribution >= 4 is 32.7 Å². The normalized spacial score (nSPS) is 10.9. The summed E-state index contributed by atoms with van der Waals surface area (Å²) < 4.78 is 6.20. The molecule has 3 rings (SSSR count). The molecule has 0 bridgehead atoms. The number of anilines is 1. The maximum absolute atomic E-state index is 5.94. The van der Waals surface area contributed by atoms with Gasteiger partial charge in [0.05, 0.1) is 23.8 Å². The Hall–Kier alpha value is -2.01. The van der Waals surface area contributed by atoms with E-state index in [0.717, 1.165) is 32.5 Å². The molecule has 1 aromatic heterocycles. The van der Waals surface area contributed by atoms with Gasteiger partial charge in [0.25, 0.3) is 0 Å². The first-order valence-electron chi connectivity index (χ1n) is 6.18. The Kier molecular flexibility index (Phi) is 3.14. The summed E-state index contributed by atoms with van der Waals surface area (Å²) in [5, 5.41) is 0. The van der Waals surface area contributed by atoms with Gasteiger partial charge in [-0.3, -0.25) is 0 Å².